The van der Waals surface area contributed by atoms with E-state index in [4.69, 9.17) is 10.5 Å². The zero-order valence-corrected chi connectivity index (χ0v) is 9.63. The minimum Gasteiger partial charge on any atom is -0.497 e. The van der Waals surface area contributed by atoms with Crippen LogP contribution < -0.4 is 10.5 Å². The van der Waals surface area contributed by atoms with Gasteiger partial charge in [0.25, 0.3) is 0 Å². The number of ether oxygens (including phenoxy) is 1. The highest BCUT2D eigenvalue weighted by Gasteiger charge is 2.31. The van der Waals surface area contributed by atoms with Crippen molar-refractivity contribution in [2.24, 2.45) is 0 Å². The van der Waals surface area contributed by atoms with E-state index in [1.807, 2.05) is 28.9 Å². The molecule has 3 rings (SSSR count). The molecule has 2 aromatic rings. The molecule has 1 aromatic carbocycles. The van der Waals surface area contributed by atoms with Crippen molar-refractivity contribution in [3.05, 3.63) is 30.0 Å². The molecule has 0 bridgehead atoms. The molecule has 0 saturated heterocycles. The molecule has 1 fully saturated rings. The van der Waals surface area contributed by atoms with Gasteiger partial charge in [-0.15, -0.1) is 5.10 Å². The molecule has 1 aliphatic rings. The summed E-state index contributed by atoms with van der Waals surface area (Å²) in [6, 6.07) is 7.73. The zero-order valence-electron chi connectivity index (χ0n) is 9.63. The van der Waals surface area contributed by atoms with Gasteiger partial charge in [0.2, 0.25) is 0 Å². The van der Waals surface area contributed by atoms with Crippen molar-refractivity contribution in [2.45, 2.75) is 18.8 Å². The average molecular weight is 230 g/mol. The predicted molar refractivity (Wildman–Crippen MR) is 64.3 cm³/mol. The maximum Gasteiger partial charge on any atom is 0.169 e. The summed E-state index contributed by atoms with van der Waals surface area (Å²) in [7, 11) is 1.65. The SMILES string of the molecule is COc1ccc(-n2nnc(N)c2C2CC2)cc1. The third kappa shape index (κ3) is 1.73. The second-order valence-corrected chi connectivity index (χ2v) is 4.24. The van der Waals surface area contributed by atoms with E-state index in [9.17, 15) is 0 Å². The van der Waals surface area contributed by atoms with E-state index in [2.05, 4.69) is 10.3 Å². The van der Waals surface area contributed by atoms with Crippen LogP contribution in [0.25, 0.3) is 5.69 Å². The second kappa shape index (κ2) is 3.76. The van der Waals surface area contributed by atoms with Gasteiger partial charge in [0, 0.05) is 5.92 Å². The number of hydrogen-bond donors (Lipinski definition) is 1. The van der Waals surface area contributed by atoms with E-state index >= 15 is 0 Å². The van der Waals surface area contributed by atoms with Gasteiger partial charge in [0.1, 0.15) is 5.75 Å². The molecule has 0 amide bonds. The zero-order chi connectivity index (χ0) is 11.8. The topological polar surface area (TPSA) is 66.0 Å². The first-order valence-electron chi connectivity index (χ1n) is 5.65. The molecule has 0 spiro atoms. The number of nitrogens with zero attached hydrogens (tertiary/aromatic N) is 3. The molecule has 17 heavy (non-hydrogen) atoms. The molecular formula is C12H14N4O. The summed E-state index contributed by atoms with van der Waals surface area (Å²) in [6.45, 7) is 0. The van der Waals surface area contributed by atoms with Crippen molar-refractivity contribution in [3.8, 4) is 11.4 Å². The Hall–Kier alpha value is -2.04. The summed E-state index contributed by atoms with van der Waals surface area (Å²) in [5, 5.41) is 8.06. The van der Waals surface area contributed by atoms with Crippen molar-refractivity contribution in [2.75, 3.05) is 12.8 Å². The number of nitrogen functional groups attached to an aromatic ring is 1. The number of methoxy groups -OCH3 is 1. The molecule has 0 aliphatic heterocycles. The van der Waals surface area contributed by atoms with E-state index < -0.39 is 0 Å². The van der Waals surface area contributed by atoms with Crippen LogP contribution in [0, 0.1) is 0 Å². The van der Waals surface area contributed by atoms with Crippen molar-refractivity contribution in [3.63, 3.8) is 0 Å². The van der Waals surface area contributed by atoms with Crippen LogP contribution in [-0.4, -0.2) is 22.1 Å². The molecule has 5 nitrogen and oxygen atoms in total. The first kappa shape index (κ1) is 10.1. The molecule has 0 atom stereocenters. The lowest BCUT2D eigenvalue weighted by Gasteiger charge is -2.06. The van der Waals surface area contributed by atoms with Crippen molar-refractivity contribution >= 4 is 5.82 Å². The predicted octanol–water partition coefficient (Wildman–Crippen LogP) is 1.74. The summed E-state index contributed by atoms with van der Waals surface area (Å²) in [5.74, 6) is 1.89. The molecule has 0 unspecified atom stereocenters. The Morgan fingerprint density at radius 1 is 1.29 bits per heavy atom. The number of benzene rings is 1. The van der Waals surface area contributed by atoms with Gasteiger partial charge < -0.3 is 10.5 Å². The van der Waals surface area contributed by atoms with Gasteiger partial charge in [-0.1, -0.05) is 5.21 Å². The fraction of sp³-hybridized carbons (Fsp3) is 0.333. The lowest BCUT2D eigenvalue weighted by atomic mass is 10.2. The Morgan fingerprint density at radius 3 is 2.59 bits per heavy atom. The van der Waals surface area contributed by atoms with Crippen molar-refractivity contribution in [1.29, 1.82) is 0 Å². The van der Waals surface area contributed by atoms with Crippen LogP contribution in [0.4, 0.5) is 5.82 Å². The van der Waals surface area contributed by atoms with Crippen LogP contribution in [0.5, 0.6) is 5.75 Å². The molecule has 1 aliphatic carbocycles. The molecular weight excluding hydrogens is 216 g/mol. The number of rotatable bonds is 3. The first-order chi connectivity index (χ1) is 8.29. The highest BCUT2D eigenvalue weighted by atomic mass is 16.5. The van der Waals surface area contributed by atoms with Crippen LogP contribution in [0.3, 0.4) is 0 Å². The summed E-state index contributed by atoms with van der Waals surface area (Å²) in [5.41, 5.74) is 7.86. The maximum absolute atomic E-state index is 5.86. The third-order valence-corrected chi connectivity index (χ3v) is 3.01. The average Bonchev–Trinajstić information content (AvgIpc) is 3.13. The smallest absolute Gasteiger partial charge is 0.169 e. The molecule has 88 valence electrons. The lowest BCUT2D eigenvalue weighted by Crippen LogP contribution is -2.02. The van der Waals surface area contributed by atoms with Gasteiger partial charge >= 0.3 is 0 Å². The van der Waals surface area contributed by atoms with Crippen LogP contribution in [0.15, 0.2) is 24.3 Å². The Bertz CT molecular complexity index is 528. The van der Waals surface area contributed by atoms with E-state index in [0.717, 1.165) is 17.1 Å². The highest BCUT2D eigenvalue weighted by molar-refractivity contribution is 5.45. The number of hydrogen-bond acceptors (Lipinski definition) is 4. The van der Waals surface area contributed by atoms with Crippen LogP contribution in [0.2, 0.25) is 0 Å². The van der Waals surface area contributed by atoms with Gasteiger partial charge in [-0.25, -0.2) is 4.68 Å². The van der Waals surface area contributed by atoms with Gasteiger partial charge in [-0.05, 0) is 37.1 Å². The molecule has 1 heterocycles. The van der Waals surface area contributed by atoms with E-state index in [-0.39, 0.29) is 0 Å². The Balaban J connectivity index is 2.02. The van der Waals surface area contributed by atoms with E-state index in [1.54, 1.807) is 7.11 Å². The van der Waals surface area contributed by atoms with E-state index in [1.165, 1.54) is 12.8 Å². The Morgan fingerprint density at radius 2 is 2.00 bits per heavy atom. The first-order valence-corrected chi connectivity index (χ1v) is 5.65. The standard InChI is InChI=1S/C12H14N4O/c1-17-10-6-4-9(5-7-10)16-11(8-2-3-8)12(13)14-15-16/h4-8H,2-3,13H2,1H3. The Kier molecular flexibility index (Phi) is 2.24. The molecule has 5 heteroatoms. The fourth-order valence-electron chi connectivity index (χ4n) is 1.95. The summed E-state index contributed by atoms with van der Waals surface area (Å²) in [4.78, 5) is 0. The van der Waals surface area contributed by atoms with Crippen molar-refractivity contribution < 1.29 is 4.74 Å². The van der Waals surface area contributed by atoms with Gasteiger partial charge in [-0.2, -0.15) is 0 Å². The summed E-state index contributed by atoms with van der Waals surface area (Å²) < 4.78 is 6.96. The number of nitrogens with two attached hydrogens (primary N) is 1. The number of aromatic nitrogens is 3. The molecule has 2 N–H and O–H groups in total. The normalized spacial score (nSPS) is 14.9. The molecule has 0 radical (unpaired) electrons. The van der Waals surface area contributed by atoms with Crippen LogP contribution in [-0.2, 0) is 0 Å². The minimum absolute atomic E-state index is 0.520. The Labute approximate surface area is 99.2 Å². The summed E-state index contributed by atoms with van der Waals surface area (Å²) >= 11 is 0. The highest BCUT2D eigenvalue weighted by Crippen LogP contribution is 2.42. The second-order valence-electron chi connectivity index (χ2n) is 4.24. The maximum atomic E-state index is 5.86. The fourth-order valence-corrected chi connectivity index (χ4v) is 1.95. The van der Waals surface area contributed by atoms with Crippen molar-refractivity contribution in [1.82, 2.24) is 15.0 Å². The van der Waals surface area contributed by atoms with Gasteiger partial charge in [-0.3, -0.25) is 0 Å². The third-order valence-electron chi connectivity index (χ3n) is 3.01. The van der Waals surface area contributed by atoms with Gasteiger partial charge in [0.15, 0.2) is 5.82 Å². The van der Waals surface area contributed by atoms with Crippen LogP contribution >= 0.6 is 0 Å². The number of anilines is 1. The van der Waals surface area contributed by atoms with Crippen LogP contribution in [0.1, 0.15) is 24.5 Å². The monoisotopic (exact) mass is 230 g/mol. The van der Waals surface area contributed by atoms with Gasteiger partial charge in [0.05, 0.1) is 18.5 Å². The quantitative estimate of drug-likeness (QED) is 0.872. The molecule has 1 aromatic heterocycles. The minimum atomic E-state index is 0.520. The molecule has 1 saturated carbocycles. The largest absolute Gasteiger partial charge is 0.497 e. The lowest BCUT2D eigenvalue weighted by molar-refractivity contribution is 0.414. The van der Waals surface area contributed by atoms with E-state index in [0.29, 0.717) is 11.7 Å². The summed E-state index contributed by atoms with van der Waals surface area (Å²) in [6.07, 6.45) is 2.35.